The van der Waals surface area contributed by atoms with Crippen LogP contribution in [-0.4, -0.2) is 40.3 Å². The first-order valence-corrected chi connectivity index (χ1v) is 7.73. The van der Waals surface area contributed by atoms with Crippen LogP contribution < -0.4 is 0 Å². The molecule has 0 bridgehead atoms. The Bertz CT molecular complexity index is 702. The molecule has 2 amide bonds. The van der Waals surface area contributed by atoms with Crippen LogP contribution in [0.4, 0.5) is 4.79 Å². The maximum atomic E-state index is 12.4. The summed E-state index contributed by atoms with van der Waals surface area (Å²) in [7, 11) is 1.20. The van der Waals surface area contributed by atoms with Gasteiger partial charge < -0.3 is 9.84 Å². The fourth-order valence-electron chi connectivity index (χ4n) is 2.31. The average molecular weight is 335 g/mol. The highest BCUT2D eigenvalue weighted by atomic mass is 32.2. The number of nitrogens with zero attached hydrogens (tertiary/aromatic N) is 1. The lowest BCUT2D eigenvalue weighted by Crippen LogP contribution is -2.42. The number of amides is 2. The van der Waals surface area contributed by atoms with E-state index < -0.39 is 23.2 Å². The second-order valence-corrected chi connectivity index (χ2v) is 6.25. The van der Waals surface area contributed by atoms with Gasteiger partial charge in [0, 0.05) is 0 Å². The van der Waals surface area contributed by atoms with E-state index in [-0.39, 0.29) is 10.7 Å². The third kappa shape index (κ3) is 3.24. The van der Waals surface area contributed by atoms with E-state index in [1.54, 1.807) is 32.1 Å². The molecular weight excluding hydrogens is 318 g/mol. The molecule has 1 N–H and O–H groups in total. The van der Waals surface area contributed by atoms with Crippen LogP contribution in [-0.2, 0) is 14.3 Å². The second kappa shape index (κ2) is 6.45. The molecule has 6 nitrogen and oxygen atoms in total. The summed E-state index contributed by atoms with van der Waals surface area (Å²) in [6.45, 7) is 4.95. The second-order valence-electron chi connectivity index (χ2n) is 5.25. The van der Waals surface area contributed by atoms with Crippen LogP contribution in [0.15, 0.2) is 17.0 Å². The predicted molar refractivity (Wildman–Crippen MR) is 86.9 cm³/mol. The van der Waals surface area contributed by atoms with Crippen LogP contribution in [0.3, 0.4) is 0 Å². The normalized spacial score (nSPS) is 17.7. The molecule has 1 saturated heterocycles. The van der Waals surface area contributed by atoms with Crippen LogP contribution in [0.2, 0.25) is 0 Å². The Morgan fingerprint density at radius 1 is 1.30 bits per heavy atom. The number of phenols is 1. The molecule has 1 fully saturated rings. The van der Waals surface area contributed by atoms with E-state index in [1.807, 2.05) is 0 Å². The van der Waals surface area contributed by atoms with E-state index in [0.29, 0.717) is 16.7 Å². The smallest absolute Gasteiger partial charge is 0.328 e. The monoisotopic (exact) mass is 335 g/mol. The number of hydrogen-bond acceptors (Lipinski definition) is 6. The summed E-state index contributed by atoms with van der Waals surface area (Å²) in [5.41, 5.74) is 2.06. The number of thioether (sulfide) groups is 1. The van der Waals surface area contributed by atoms with Crippen molar-refractivity contribution >= 4 is 35.0 Å². The minimum Gasteiger partial charge on any atom is -0.507 e. The van der Waals surface area contributed by atoms with Crippen molar-refractivity contribution in [2.75, 3.05) is 7.11 Å². The van der Waals surface area contributed by atoms with Crippen LogP contribution in [0.25, 0.3) is 6.08 Å². The number of carbonyl (C=O) groups is 3. The van der Waals surface area contributed by atoms with Crippen molar-refractivity contribution in [2.45, 2.75) is 26.8 Å². The van der Waals surface area contributed by atoms with E-state index in [0.717, 1.165) is 16.7 Å². The number of imide groups is 1. The van der Waals surface area contributed by atoms with Gasteiger partial charge in [0.25, 0.3) is 11.1 Å². The van der Waals surface area contributed by atoms with Gasteiger partial charge in [0.15, 0.2) is 0 Å². The molecule has 7 heteroatoms. The highest BCUT2D eigenvalue weighted by Gasteiger charge is 2.41. The molecule has 1 atom stereocenters. The topological polar surface area (TPSA) is 83.9 Å². The van der Waals surface area contributed by atoms with Gasteiger partial charge >= 0.3 is 5.97 Å². The highest BCUT2D eigenvalue weighted by Crippen LogP contribution is 2.34. The summed E-state index contributed by atoms with van der Waals surface area (Å²) >= 11 is 0.777. The number of ether oxygens (including phenoxy) is 1. The van der Waals surface area contributed by atoms with Crippen LogP contribution in [0.5, 0.6) is 5.75 Å². The molecule has 23 heavy (non-hydrogen) atoms. The zero-order valence-corrected chi connectivity index (χ0v) is 14.1. The summed E-state index contributed by atoms with van der Waals surface area (Å²) < 4.78 is 4.58. The van der Waals surface area contributed by atoms with Gasteiger partial charge in [-0.25, -0.2) is 4.79 Å². The van der Waals surface area contributed by atoms with Crippen LogP contribution in [0, 0.1) is 13.8 Å². The Morgan fingerprint density at radius 3 is 2.39 bits per heavy atom. The fraction of sp³-hybridized carbons (Fsp3) is 0.312. The molecule has 1 unspecified atom stereocenters. The third-order valence-corrected chi connectivity index (χ3v) is 4.45. The van der Waals surface area contributed by atoms with Gasteiger partial charge in [-0.05, 0) is 67.4 Å². The summed E-state index contributed by atoms with van der Waals surface area (Å²) in [4.78, 5) is 37.1. The summed E-state index contributed by atoms with van der Waals surface area (Å²) in [6, 6.07) is 2.47. The lowest BCUT2D eigenvalue weighted by Gasteiger charge is -2.18. The number of esters is 1. The van der Waals surface area contributed by atoms with Crippen LogP contribution >= 0.6 is 11.8 Å². The summed E-state index contributed by atoms with van der Waals surface area (Å²) in [5.74, 6) is -0.972. The molecular formula is C16H17NO5S. The molecule has 122 valence electrons. The number of benzene rings is 1. The van der Waals surface area contributed by atoms with Gasteiger partial charge in [0.05, 0.1) is 12.0 Å². The van der Waals surface area contributed by atoms with E-state index >= 15 is 0 Å². The van der Waals surface area contributed by atoms with Crippen LogP contribution in [0.1, 0.15) is 23.6 Å². The first kappa shape index (κ1) is 17.1. The Balaban J connectivity index is 2.34. The lowest BCUT2D eigenvalue weighted by atomic mass is 10.1. The number of methoxy groups -OCH3 is 1. The average Bonchev–Trinajstić information content (AvgIpc) is 2.77. The van der Waals surface area contributed by atoms with E-state index in [2.05, 4.69) is 4.74 Å². The molecule has 1 aromatic rings. The minimum atomic E-state index is -0.971. The molecule has 1 aliphatic rings. The molecule has 0 aliphatic carbocycles. The fourth-order valence-corrected chi connectivity index (χ4v) is 3.22. The molecule has 0 spiro atoms. The number of phenolic OH excluding ortho intramolecular Hbond substituents is 1. The van der Waals surface area contributed by atoms with Crippen molar-refractivity contribution in [1.29, 1.82) is 0 Å². The van der Waals surface area contributed by atoms with Crippen molar-refractivity contribution in [3.05, 3.63) is 33.7 Å². The van der Waals surface area contributed by atoms with Crippen molar-refractivity contribution in [2.24, 2.45) is 0 Å². The molecule has 0 saturated carbocycles. The Morgan fingerprint density at radius 2 is 1.87 bits per heavy atom. The minimum absolute atomic E-state index is 0.203. The Hall–Kier alpha value is -2.28. The standard InChI is InChI=1S/C16H17NO5S/c1-8-5-11(6-9(2)13(8)18)7-12-14(19)17(16(21)23-12)10(3)15(20)22-4/h5-7,10,18H,1-4H3. The quantitative estimate of drug-likeness (QED) is 0.675. The van der Waals surface area contributed by atoms with E-state index in [1.165, 1.54) is 14.0 Å². The SMILES string of the molecule is COC(=O)C(C)N1C(=O)SC(=Cc2cc(C)c(O)c(C)c2)C1=O. The Labute approximate surface area is 138 Å². The van der Waals surface area contributed by atoms with Gasteiger partial charge in [-0.2, -0.15) is 0 Å². The first-order valence-electron chi connectivity index (χ1n) is 6.91. The van der Waals surface area contributed by atoms with Gasteiger partial charge in [-0.1, -0.05) is 0 Å². The highest BCUT2D eigenvalue weighted by molar-refractivity contribution is 8.18. The maximum absolute atomic E-state index is 12.4. The van der Waals surface area contributed by atoms with Gasteiger partial charge in [-0.15, -0.1) is 0 Å². The van der Waals surface area contributed by atoms with E-state index in [9.17, 15) is 19.5 Å². The zero-order chi connectivity index (χ0) is 17.3. The third-order valence-electron chi connectivity index (χ3n) is 3.56. The lowest BCUT2D eigenvalue weighted by molar-refractivity contribution is -0.148. The van der Waals surface area contributed by atoms with E-state index in [4.69, 9.17) is 0 Å². The largest absolute Gasteiger partial charge is 0.507 e. The number of carbonyl (C=O) groups excluding carboxylic acids is 3. The summed E-state index contributed by atoms with van der Waals surface area (Å²) in [5, 5.41) is 9.27. The van der Waals surface area contributed by atoms with Gasteiger partial charge in [-0.3, -0.25) is 14.5 Å². The van der Waals surface area contributed by atoms with Gasteiger partial charge in [0.2, 0.25) is 0 Å². The van der Waals surface area contributed by atoms with Crippen molar-refractivity contribution < 1.29 is 24.2 Å². The molecule has 1 aromatic carbocycles. The van der Waals surface area contributed by atoms with Crippen molar-refractivity contribution in [3.63, 3.8) is 0 Å². The number of rotatable bonds is 3. The number of aryl methyl sites for hydroxylation is 2. The zero-order valence-electron chi connectivity index (χ0n) is 13.2. The molecule has 2 rings (SSSR count). The predicted octanol–water partition coefficient (Wildman–Crippen LogP) is 2.61. The first-order chi connectivity index (χ1) is 10.8. The molecule has 1 aliphatic heterocycles. The molecule has 1 heterocycles. The van der Waals surface area contributed by atoms with Gasteiger partial charge in [0.1, 0.15) is 11.8 Å². The molecule has 0 radical (unpaired) electrons. The van der Waals surface area contributed by atoms with Crippen molar-refractivity contribution in [1.82, 2.24) is 4.90 Å². The Kier molecular flexibility index (Phi) is 4.79. The summed E-state index contributed by atoms with van der Waals surface area (Å²) in [6.07, 6.45) is 1.58. The number of hydrogen-bond donors (Lipinski definition) is 1. The molecule has 0 aromatic heterocycles. The number of aromatic hydroxyl groups is 1. The maximum Gasteiger partial charge on any atom is 0.328 e. The van der Waals surface area contributed by atoms with Crippen molar-refractivity contribution in [3.8, 4) is 5.75 Å².